The van der Waals surface area contributed by atoms with Crippen LogP contribution in [0.3, 0.4) is 0 Å². The summed E-state index contributed by atoms with van der Waals surface area (Å²) in [5.74, 6) is -0.207. The van der Waals surface area contributed by atoms with Gasteiger partial charge in [0.15, 0.2) is 0 Å². The van der Waals surface area contributed by atoms with E-state index in [1.54, 1.807) is 25.7 Å². The summed E-state index contributed by atoms with van der Waals surface area (Å²) in [5.41, 5.74) is 3.23. The molecule has 1 fully saturated rings. The van der Waals surface area contributed by atoms with Crippen molar-refractivity contribution >= 4 is 18.1 Å². The van der Waals surface area contributed by atoms with Gasteiger partial charge < -0.3 is 24.4 Å². The maximum Gasteiger partial charge on any atom is 0.410 e. The van der Waals surface area contributed by atoms with E-state index in [9.17, 15) is 14.4 Å². The number of nitrogens with zero attached hydrogens (tertiary/aromatic N) is 2. The third kappa shape index (κ3) is 5.88. The molecule has 0 saturated carbocycles. The standard InChI is InChI=1S/C28H35N3O6/c1-28(2,3)37-26(33)29-14-13-23(25(32)30-15-17-36-18-16-30)31(27(34)35-4)24-21-11-7-5-9-19(21)20-10-6-8-12-22(20)24/h5-12,23-24H,13-18H2,1-4H3,(H,29,33)/t23-/m0/s1. The van der Waals surface area contributed by atoms with Crippen LogP contribution in [0.25, 0.3) is 11.1 Å². The second-order valence-corrected chi connectivity index (χ2v) is 10.1. The zero-order valence-electron chi connectivity index (χ0n) is 21.9. The smallest absolute Gasteiger partial charge is 0.410 e. The van der Waals surface area contributed by atoms with Crippen molar-refractivity contribution in [2.75, 3.05) is 40.0 Å². The first kappa shape index (κ1) is 26.5. The quantitative estimate of drug-likeness (QED) is 0.633. The van der Waals surface area contributed by atoms with Gasteiger partial charge in [0.25, 0.3) is 0 Å². The molecule has 198 valence electrons. The lowest BCUT2D eigenvalue weighted by Crippen LogP contribution is -2.55. The Kier molecular flexibility index (Phi) is 8.02. The molecule has 37 heavy (non-hydrogen) atoms. The zero-order chi connectivity index (χ0) is 26.6. The monoisotopic (exact) mass is 509 g/mol. The molecule has 1 saturated heterocycles. The van der Waals surface area contributed by atoms with Crippen LogP contribution in [0, 0.1) is 0 Å². The molecule has 0 aromatic heterocycles. The van der Waals surface area contributed by atoms with Gasteiger partial charge in [-0.1, -0.05) is 48.5 Å². The number of fused-ring (bicyclic) bond motifs is 3. The molecule has 1 aliphatic carbocycles. The van der Waals surface area contributed by atoms with Crippen molar-refractivity contribution in [1.82, 2.24) is 15.1 Å². The number of benzene rings is 2. The second-order valence-electron chi connectivity index (χ2n) is 10.1. The molecule has 2 aromatic carbocycles. The summed E-state index contributed by atoms with van der Waals surface area (Å²) in [6.45, 7) is 7.22. The highest BCUT2D eigenvalue weighted by Crippen LogP contribution is 2.47. The number of morpholine rings is 1. The molecule has 2 aliphatic rings. The Balaban J connectivity index is 1.70. The maximum atomic E-state index is 13.9. The lowest BCUT2D eigenvalue weighted by molar-refractivity contribution is -0.141. The fraction of sp³-hybridized carbons (Fsp3) is 0.464. The summed E-state index contributed by atoms with van der Waals surface area (Å²) in [4.78, 5) is 42.9. The molecule has 1 heterocycles. The average molecular weight is 510 g/mol. The maximum absolute atomic E-state index is 13.9. The Bertz CT molecular complexity index is 1090. The van der Waals surface area contributed by atoms with E-state index in [2.05, 4.69) is 5.32 Å². The van der Waals surface area contributed by atoms with Crippen LogP contribution < -0.4 is 5.32 Å². The van der Waals surface area contributed by atoms with Crippen LogP contribution in [0.1, 0.15) is 44.4 Å². The number of ether oxygens (including phenoxy) is 3. The predicted octanol–water partition coefficient (Wildman–Crippen LogP) is 3.97. The molecule has 0 bridgehead atoms. The molecule has 1 atom stereocenters. The molecule has 0 unspecified atom stereocenters. The first-order chi connectivity index (χ1) is 17.7. The molecule has 3 amide bonds. The van der Waals surface area contributed by atoms with Crippen molar-refractivity contribution in [2.45, 2.75) is 44.9 Å². The first-order valence-electron chi connectivity index (χ1n) is 12.6. The Morgan fingerprint density at radius 2 is 1.59 bits per heavy atom. The number of methoxy groups -OCH3 is 1. The highest BCUT2D eigenvalue weighted by Gasteiger charge is 2.43. The number of hydrogen-bond donors (Lipinski definition) is 1. The lowest BCUT2D eigenvalue weighted by atomic mass is 9.99. The first-order valence-corrected chi connectivity index (χ1v) is 12.6. The van der Waals surface area contributed by atoms with Crippen LogP contribution in [0.15, 0.2) is 48.5 Å². The van der Waals surface area contributed by atoms with E-state index < -0.39 is 29.9 Å². The van der Waals surface area contributed by atoms with E-state index in [-0.39, 0.29) is 18.9 Å². The van der Waals surface area contributed by atoms with Gasteiger partial charge in [-0.3, -0.25) is 9.69 Å². The Hall–Kier alpha value is -3.59. The van der Waals surface area contributed by atoms with Gasteiger partial charge in [-0.05, 0) is 49.4 Å². The van der Waals surface area contributed by atoms with Gasteiger partial charge in [-0.15, -0.1) is 0 Å². The molecular formula is C28H35N3O6. The molecule has 0 radical (unpaired) electrons. The van der Waals surface area contributed by atoms with Crippen molar-refractivity contribution in [2.24, 2.45) is 0 Å². The number of carbonyl (C=O) groups is 3. The summed E-state index contributed by atoms with van der Waals surface area (Å²) in [7, 11) is 1.32. The largest absolute Gasteiger partial charge is 0.453 e. The fourth-order valence-corrected chi connectivity index (χ4v) is 4.95. The van der Waals surface area contributed by atoms with E-state index in [0.29, 0.717) is 26.3 Å². The van der Waals surface area contributed by atoms with Crippen molar-refractivity contribution in [3.63, 3.8) is 0 Å². The highest BCUT2D eigenvalue weighted by molar-refractivity contribution is 5.88. The van der Waals surface area contributed by atoms with Crippen molar-refractivity contribution < 1.29 is 28.6 Å². The van der Waals surface area contributed by atoms with Crippen molar-refractivity contribution in [1.29, 1.82) is 0 Å². The minimum atomic E-state index is -0.885. The Morgan fingerprint density at radius 3 is 2.14 bits per heavy atom. The Labute approximate surface area is 217 Å². The van der Waals surface area contributed by atoms with Crippen LogP contribution in [0.2, 0.25) is 0 Å². The number of amides is 3. The summed E-state index contributed by atoms with van der Waals surface area (Å²) in [5, 5.41) is 2.73. The third-order valence-corrected chi connectivity index (χ3v) is 6.49. The third-order valence-electron chi connectivity index (χ3n) is 6.49. The van der Waals surface area contributed by atoms with E-state index in [0.717, 1.165) is 22.3 Å². The van der Waals surface area contributed by atoms with E-state index in [1.807, 2.05) is 48.5 Å². The van der Waals surface area contributed by atoms with Gasteiger partial charge in [-0.2, -0.15) is 0 Å². The zero-order valence-corrected chi connectivity index (χ0v) is 21.9. The minimum Gasteiger partial charge on any atom is -0.453 e. The van der Waals surface area contributed by atoms with Crippen LogP contribution >= 0.6 is 0 Å². The molecule has 4 rings (SSSR count). The predicted molar refractivity (Wildman–Crippen MR) is 138 cm³/mol. The van der Waals surface area contributed by atoms with Crippen molar-refractivity contribution in [3.8, 4) is 11.1 Å². The average Bonchev–Trinajstić information content (AvgIpc) is 3.21. The summed E-state index contributed by atoms with van der Waals surface area (Å²) < 4.78 is 16.0. The number of carbonyl (C=O) groups excluding carboxylic acids is 3. The molecular weight excluding hydrogens is 474 g/mol. The topological polar surface area (TPSA) is 97.4 Å². The molecule has 9 nitrogen and oxygen atoms in total. The lowest BCUT2D eigenvalue weighted by Gasteiger charge is -2.39. The van der Waals surface area contributed by atoms with E-state index in [4.69, 9.17) is 14.2 Å². The van der Waals surface area contributed by atoms with Crippen LogP contribution in [0.4, 0.5) is 9.59 Å². The summed E-state index contributed by atoms with van der Waals surface area (Å²) in [6, 6.07) is 14.4. The summed E-state index contributed by atoms with van der Waals surface area (Å²) >= 11 is 0. The number of alkyl carbamates (subject to hydrolysis) is 1. The van der Waals surface area contributed by atoms with E-state index >= 15 is 0 Å². The van der Waals surface area contributed by atoms with Gasteiger partial charge >= 0.3 is 12.2 Å². The molecule has 1 N–H and O–H groups in total. The normalized spacial score (nSPS) is 15.8. The number of rotatable bonds is 6. The molecule has 2 aromatic rings. The SMILES string of the molecule is COC(=O)N(C1c2ccccc2-c2ccccc21)[C@@H](CCNC(=O)OC(C)(C)C)C(=O)N1CCOCC1. The molecule has 0 spiro atoms. The van der Waals surface area contributed by atoms with Crippen LogP contribution in [-0.4, -0.2) is 79.5 Å². The molecule has 1 aliphatic heterocycles. The number of nitrogens with one attached hydrogen (secondary N) is 1. The molecule has 9 heteroatoms. The highest BCUT2D eigenvalue weighted by atomic mass is 16.6. The fourth-order valence-electron chi connectivity index (χ4n) is 4.95. The van der Waals surface area contributed by atoms with Crippen LogP contribution in [0.5, 0.6) is 0 Å². The van der Waals surface area contributed by atoms with Gasteiger partial charge in [0, 0.05) is 19.6 Å². The van der Waals surface area contributed by atoms with Gasteiger partial charge in [0.1, 0.15) is 11.6 Å². The summed E-state index contributed by atoms with van der Waals surface area (Å²) in [6.07, 6.45) is -1.00. The number of hydrogen-bond acceptors (Lipinski definition) is 6. The van der Waals surface area contributed by atoms with Crippen molar-refractivity contribution in [3.05, 3.63) is 59.7 Å². The second kappa shape index (κ2) is 11.2. The van der Waals surface area contributed by atoms with E-state index in [1.165, 1.54) is 12.0 Å². The van der Waals surface area contributed by atoms with Gasteiger partial charge in [0.2, 0.25) is 5.91 Å². The van der Waals surface area contributed by atoms with Gasteiger partial charge in [0.05, 0.1) is 26.4 Å². The Morgan fingerprint density at radius 1 is 1.03 bits per heavy atom. The van der Waals surface area contributed by atoms with Crippen LogP contribution in [-0.2, 0) is 19.0 Å². The van der Waals surface area contributed by atoms with Gasteiger partial charge in [-0.25, -0.2) is 9.59 Å². The minimum absolute atomic E-state index is 0.138.